The predicted molar refractivity (Wildman–Crippen MR) is 60.6 cm³/mol. The third-order valence-corrected chi connectivity index (χ3v) is 2.44. The van der Waals surface area contributed by atoms with E-state index in [0.29, 0.717) is 0 Å². The van der Waals surface area contributed by atoms with E-state index in [4.69, 9.17) is 5.73 Å². The molecule has 0 heterocycles. The summed E-state index contributed by atoms with van der Waals surface area (Å²) < 4.78 is 0. The SMILES string of the molecule is CC=C(N)CCCCCCCCC. The van der Waals surface area contributed by atoms with Gasteiger partial charge in [0.25, 0.3) is 0 Å². The fourth-order valence-corrected chi connectivity index (χ4v) is 1.43. The molecular weight excluding hydrogens is 158 g/mol. The van der Waals surface area contributed by atoms with Gasteiger partial charge in [-0.3, -0.25) is 0 Å². The van der Waals surface area contributed by atoms with E-state index in [0.717, 1.165) is 12.1 Å². The molecule has 0 aliphatic heterocycles. The molecule has 0 atom stereocenters. The monoisotopic (exact) mass is 183 g/mol. The summed E-state index contributed by atoms with van der Waals surface area (Å²) in [6.07, 6.45) is 12.7. The van der Waals surface area contributed by atoms with Gasteiger partial charge in [0, 0.05) is 5.70 Å². The van der Waals surface area contributed by atoms with Crippen molar-refractivity contribution in [2.75, 3.05) is 0 Å². The molecule has 1 heteroatoms. The summed E-state index contributed by atoms with van der Waals surface area (Å²) in [4.78, 5) is 0. The number of nitrogens with two attached hydrogens (primary N) is 1. The quantitative estimate of drug-likeness (QED) is 0.566. The molecule has 0 saturated carbocycles. The van der Waals surface area contributed by atoms with Gasteiger partial charge >= 0.3 is 0 Å². The first-order chi connectivity index (χ1) is 6.31. The molecule has 0 bridgehead atoms. The van der Waals surface area contributed by atoms with Crippen molar-refractivity contribution in [1.29, 1.82) is 0 Å². The zero-order valence-electron chi connectivity index (χ0n) is 9.31. The van der Waals surface area contributed by atoms with Gasteiger partial charge in [0.1, 0.15) is 0 Å². The lowest BCUT2D eigenvalue weighted by Crippen LogP contribution is -1.95. The molecule has 13 heavy (non-hydrogen) atoms. The van der Waals surface area contributed by atoms with E-state index in [9.17, 15) is 0 Å². The van der Waals surface area contributed by atoms with Crippen LogP contribution in [0.3, 0.4) is 0 Å². The Balaban J connectivity index is 3.00. The average Bonchev–Trinajstić information content (AvgIpc) is 2.16. The fraction of sp³-hybridized carbons (Fsp3) is 0.833. The molecule has 0 aromatic heterocycles. The lowest BCUT2D eigenvalue weighted by molar-refractivity contribution is 0.587. The predicted octanol–water partition coefficient (Wildman–Crippen LogP) is 3.99. The first kappa shape index (κ1) is 12.5. The van der Waals surface area contributed by atoms with E-state index < -0.39 is 0 Å². The van der Waals surface area contributed by atoms with Crippen LogP contribution in [0.4, 0.5) is 0 Å². The minimum Gasteiger partial charge on any atom is -0.402 e. The van der Waals surface area contributed by atoms with Crippen molar-refractivity contribution < 1.29 is 0 Å². The second-order valence-electron chi connectivity index (χ2n) is 3.73. The van der Waals surface area contributed by atoms with Crippen LogP contribution < -0.4 is 5.73 Å². The highest BCUT2D eigenvalue weighted by molar-refractivity contribution is 4.92. The minimum atomic E-state index is 1.05. The third-order valence-electron chi connectivity index (χ3n) is 2.44. The molecule has 0 fully saturated rings. The van der Waals surface area contributed by atoms with Gasteiger partial charge in [-0.25, -0.2) is 0 Å². The standard InChI is InChI=1S/C12H25N/c1-3-5-6-7-8-9-10-11-12(13)4-2/h4H,3,5-11,13H2,1-2H3. The van der Waals surface area contributed by atoms with Crippen molar-refractivity contribution in [3.8, 4) is 0 Å². The molecule has 0 aromatic rings. The van der Waals surface area contributed by atoms with E-state index in [-0.39, 0.29) is 0 Å². The number of unbranched alkanes of at least 4 members (excludes halogenated alkanes) is 6. The molecular formula is C12H25N. The molecule has 0 aromatic carbocycles. The smallest absolute Gasteiger partial charge is 0.00371 e. The summed E-state index contributed by atoms with van der Waals surface area (Å²) in [5.41, 5.74) is 6.75. The molecule has 2 N–H and O–H groups in total. The maximum atomic E-state index is 5.70. The zero-order chi connectivity index (χ0) is 9.94. The molecule has 0 aliphatic rings. The van der Waals surface area contributed by atoms with Gasteiger partial charge in [-0.1, -0.05) is 51.5 Å². The summed E-state index contributed by atoms with van der Waals surface area (Å²) >= 11 is 0. The Bertz CT molecular complexity index is 127. The number of hydrogen-bond donors (Lipinski definition) is 1. The van der Waals surface area contributed by atoms with Crippen LogP contribution in [0.1, 0.15) is 65.2 Å². The normalized spacial score (nSPS) is 12.0. The maximum Gasteiger partial charge on any atom is 0.00371 e. The summed E-state index contributed by atoms with van der Waals surface area (Å²) in [7, 11) is 0. The molecule has 0 spiro atoms. The van der Waals surface area contributed by atoms with E-state index in [1.165, 1.54) is 44.9 Å². The summed E-state index contributed by atoms with van der Waals surface area (Å²) in [5.74, 6) is 0. The van der Waals surface area contributed by atoms with Crippen LogP contribution in [0.2, 0.25) is 0 Å². The van der Waals surface area contributed by atoms with Gasteiger partial charge in [-0.15, -0.1) is 0 Å². The van der Waals surface area contributed by atoms with Crippen LogP contribution >= 0.6 is 0 Å². The highest BCUT2D eigenvalue weighted by atomic mass is 14.6. The molecule has 0 aliphatic carbocycles. The summed E-state index contributed by atoms with van der Waals surface area (Å²) in [6, 6.07) is 0. The molecule has 0 amide bonds. The number of rotatable bonds is 8. The molecule has 0 unspecified atom stereocenters. The number of allylic oxidation sites excluding steroid dienone is 2. The highest BCUT2D eigenvalue weighted by Gasteiger charge is 1.91. The van der Waals surface area contributed by atoms with E-state index >= 15 is 0 Å². The van der Waals surface area contributed by atoms with Gasteiger partial charge in [-0.2, -0.15) is 0 Å². The Morgan fingerprint density at radius 2 is 1.54 bits per heavy atom. The van der Waals surface area contributed by atoms with Crippen molar-refractivity contribution in [3.05, 3.63) is 11.8 Å². The van der Waals surface area contributed by atoms with Crippen LogP contribution in [0.15, 0.2) is 11.8 Å². The largest absolute Gasteiger partial charge is 0.402 e. The lowest BCUT2D eigenvalue weighted by atomic mass is 10.1. The molecule has 1 nitrogen and oxygen atoms in total. The van der Waals surface area contributed by atoms with E-state index in [1.807, 2.05) is 13.0 Å². The van der Waals surface area contributed by atoms with Crippen LogP contribution in [0.5, 0.6) is 0 Å². The topological polar surface area (TPSA) is 26.0 Å². The summed E-state index contributed by atoms with van der Waals surface area (Å²) in [5, 5.41) is 0. The molecule has 0 rings (SSSR count). The van der Waals surface area contributed by atoms with Crippen molar-refractivity contribution >= 4 is 0 Å². The average molecular weight is 183 g/mol. The molecule has 0 radical (unpaired) electrons. The Morgan fingerprint density at radius 3 is 2.08 bits per heavy atom. The van der Waals surface area contributed by atoms with E-state index in [1.54, 1.807) is 0 Å². The van der Waals surface area contributed by atoms with Crippen LogP contribution in [0.25, 0.3) is 0 Å². The van der Waals surface area contributed by atoms with Crippen LogP contribution in [-0.2, 0) is 0 Å². The first-order valence-electron chi connectivity index (χ1n) is 5.72. The first-order valence-corrected chi connectivity index (χ1v) is 5.72. The second kappa shape index (κ2) is 9.63. The van der Waals surface area contributed by atoms with Gasteiger partial charge in [0.05, 0.1) is 0 Å². The maximum absolute atomic E-state index is 5.70. The Kier molecular flexibility index (Phi) is 9.29. The van der Waals surface area contributed by atoms with Crippen molar-refractivity contribution in [1.82, 2.24) is 0 Å². The Labute approximate surface area is 83.4 Å². The lowest BCUT2D eigenvalue weighted by Gasteiger charge is -2.01. The molecule has 78 valence electrons. The van der Waals surface area contributed by atoms with Crippen molar-refractivity contribution in [2.24, 2.45) is 5.73 Å². The Morgan fingerprint density at radius 1 is 1.00 bits per heavy atom. The van der Waals surface area contributed by atoms with Crippen LogP contribution in [-0.4, -0.2) is 0 Å². The van der Waals surface area contributed by atoms with Gasteiger partial charge in [0.15, 0.2) is 0 Å². The van der Waals surface area contributed by atoms with Crippen molar-refractivity contribution in [2.45, 2.75) is 65.2 Å². The Hall–Kier alpha value is -0.460. The zero-order valence-corrected chi connectivity index (χ0v) is 9.31. The second-order valence-corrected chi connectivity index (χ2v) is 3.73. The van der Waals surface area contributed by atoms with Gasteiger partial charge in [-0.05, 0) is 19.8 Å². The molecule has 0 saturated heterocycles. The summed E-state index contributed by atoms with van der Waals surface area (Å²) in [6.45, 7) is 4.27. The van der Waals surface area contributed by atoms with Gasteiger partial charge < -0.3 is 5.73 Å². The highest BCUT2D eigenvalue weighted by Crippen LogP contribution is 2.09. The van der Waals surface area contributed by atoms with Gasteiger partial charge in [0.2, 0.25) is 0 Å². The minimum absolute atomic E-state index is 1.05. The van der Waals surface area contributed by atoms with E-state index in [2.05, 4.69) is 6.92 Å². The third kappa shape index (κ3) is 9.45. The van der Waals surface area contributed by atoms with Crippen LogP contribution in [0, 0.1) is 0 Å². The number of hydrogen-bond acceptors (Lipinski definition) is 1. The fourth-order valence-electron chi connectivity index (χ4n) is 1.43. The van der Waals surface area contributed by atoms with Crippen molar-refractivity contribution in [3.63, 3.8) is 0 Å².